The standard InChI is InChI=1S/C20H21N5OS/c1-13(15-8-10-27-12-15)24-9-7-17-16(19(24)26)11-21-20-22-18(23-25(17)20)14-5-3-2-4-6-14/h7-14H,2-6H2,1H3. The van der Waals surface area contributed by atoms with E-state index in [9.17, 15) is 4.79 Å². The highest BCUT2D eigenvalue weighted by atomic mass is 32.1. The van der Waals surface area contributed by atoms with Gasteiger partial charge in [0.05, 0.1) is 16.9 Å². The summed E-state index contributed by atoms with van der Waals surface area (Å²) in [6.45, 7) is 2.04. The van der Waals surface area contributed by atoms with Crippen LogP contribution in [0.15, 0.2) is 40.1 Å². The second kappa shape index (κ2) is 6.56. The van der Waals surface area contributed by atoms with Gasteiger partial charge in [-0.2, -0.15) is 20.8 Å². The molecule has 1 aliphatic rings. The van der Waals surface area contributed by atoms with Crippen molar-refractivity contribution in [2.45, 2.75) is 51.0 Å². The largest absolute Gasteiger partial charge is 0.308 e. The van der Waals surface area contributed by atoms with Gasteiger partial charge in [0.25, 0.3) is 11.3 Å². The lowest BCUT2D eigenvalue weighted by molar-refractivity contribution is 0.429. The van der Waals surface area contributed by atoms with Crippen molar-refractivity contribution in [3.63, 3.8) is 0 Å². The van der Waals surface area contributed by atoms with Crippen molar-refractivity contribution in [1.82, 2.24) is 24.1 Å². The molecule has 1 aliphatic carbocycles. The molecule has 1 atom stereocenters. The van der Waals surface area contributed by atoms with Gasteiger partial charge < -0.3 is 4.57 Å². The van der Waals surface area contributed by atoms with E-state index in [0.29, 0.717) is 17.1 Å². The molecule has 0 aromatic carbocycles. The summed E-state index contributed by atoms with van der Waals surface area (Å²) in [4.78, 5) is 22.2. The van der Waals surface area contributed by atoms with Crippen LogP contribution in [0, 0.1) is 0 Å². The maximum atomic E-state index is 13.1. The summed E-state index contributed by atoms with van der Waals surface area (Å²) in [5.41, 5.74) is 1.86. The lowest BCUT2D eigenvalue weighted by Gasteiger charge is -2.17. The highest BCUT2D eigenvalue weighted by molar-refractivity contribution is 7.07. The Morgan fingerprint density at radius 3 is 2.85 bits per heavy atom. The molecular formula is C20H21N5OS. The molecule has 0 amide bonds. The average molecular weight is 379 g/mol. The van der Waals surface area contributed by atoms with E-state index < -0.39 is 0 Å². The number of hydrogen-bond acceptors (Lipinski definition) is 5. The van der Waals surface area contributed by atoms with Crippen LogP contribution in [0.2, 0.25) is 0 Å². The first-order valence-corrected chi connectivity index (χ1v) is 10.5. The molecule has 4 aromatic heterocycles. The molecular weight excluding hydrogens is 358 g/mol. The molecule has 4 aromatic rings. The van der Waals surface area contributed by atoms with Crippen LogP contribution in [0.5, 0.6) is 0 Å². The second-order valence-corrected chi connectivity index (χ2v) is 8.11. The SMILES string of the molecule is CC(c1ccsc1)n1ccc2c(cnc3nc(C4CCCCC4)nn32)c1=O. The number of rotatable bonds is 3. The first-order valence-electron chi connectivity index (χ1n) is 9.51. The summed E-state index contributed by atoms with van der Waals surface area (Å²) in [6.07, 6.45) is 9.54. The van der Waals surface area contributed by atoms with Crippen LogP contribution in [0.25, 0.3) is 16.7 Å². The highest BCUT2D eigenvalue weighted by Gasteiger charge is 2.21. The summed E-state index contributed by atoms with van der Waals surface area (Å²) in [5.74, 6) is 1.85. The minimum atomic E-state index is -0.0460. The molecule has 0 saturated heterocycles. The zero-order chi connectivity index (χ0) is 18.4. The lowest BCUT2D eigenvalue weighted by Crippen LogP contribution is -2.24. The zero-order valence-electron chi connectivity index (χ0n) is 15.2. The smallest absolute Gasteiger partial charge is 0.262 e. The third kappa shape index (κ3) is 2.77. The summed E-state index contributed by atoms with van der Waals surface area (Å²) >= 11 is 1.64. The normalized spacial score (nSPS) is 16.9. The molecule has 7 heteroatoms. The third-order valence-corrected chi connectivity index (χ3v) is 6.39. The van der Waals surface area contributed by atoms with Gasteiger partial charge in [-0.3, -0.25) is 4.79 Å². The van der Waals surface area contributed by atoms with Gasteiger partial charge in [-0.25, -0.2) is 4.98 Å². The van der Waals surface area contributed by atoms with Crippen LogP contribution in [-0.2, 0) is 0 Å². The van der Waals surface area contributed by atoms with Crippen LogP contribution >= 0.6 is 11.3 Å². The van der Waals surface area contributed by atoms with E-state index in [-0.39, 0.29) is 11.6 Å². The van der Waals surface area contributed by atoms with E-state index in [4.69, 9.17) is 5.10 Å². The fraction of sp³-hybridized carbons (Fsp3) is 0.400. The molecule has 27 heavy (non-hydrogen) atoms. The fourth-order valence-electron chi connectivity index (χ4n) is 4.06. The summed E-state index contributed by atoms with van der Waals surface area (Å²) in [7, 11) is 0. The molecule has 0 radical (unpaired) electrons. The average Bonchev–Trinajstić information content (AvgIpc) is 3.38. The van der Waals surface area contributed by atoms with E-state index in [0.717, 1.165) is 29.7 Å². The van der Waals surface area contributed by atoms with Crippen LogP contribution in [0.3, 0.4) is 0 Å². The van der Waals surface area contributed by atoms with E-state index in [1.165, 1.54) is 19.3 Å². The van der Waals surface area contributed by atoms with Crippen molar-refractivity contribution in [3.8, 4) is 0 Å². The molecule has 1 fully saturated rings. The van der Waals surface area contributed by atoms with E-state index in [2.05, 4.69) is 21.4 Å². The van der Waals surface area contributed by atoms with Crippen molar-refractivity contribution in [1.29, 1.82) is 0 Å². The van der Waals surface area contributed by atoms with Gasteiger partial charge >= 0.3 is 0 Å². The maximum Gasteiger partial charge on any atom is 0.262 e. The Labute approximate surface area is 160 Å². The summed E-state index contributed by atoms with van der Waals surface area (Å²) in [5, 5.41) is 9.42. The summed E-state index contributed by atoms with van der Waals surface area (Å²) in [6, 6.07) is 3.99. The number of hydrogen-bond donors (Lipinski definition) is 0. The maximum absolute atomic E-state index is 13.1. The van der Waals surface area contributed by atoms with E-state index in [1.54, 1.807) is 26.6 Å². The van der Waals surface area contributed by atoms with Crippen LogP contribution in [0.4, 0.5) is 0 Å². The van der Waals surface area contributed by atoms with Gasteiger partial charge in [0.2, 0.25) is 0 Å². The van der Waals surface area contributed by atoms with E-state index >= 15 is 0 Å². The van der Waals surface area contributed by atoms with E-state index in [1.807, 2.05) is 24.6 Å². The number of aromatic nitrogens is 5. The van der Waals surface area contributed by atoms with Crippen molar-refractivity contribution in [2.75, 3.05) is 0 Å². The van der Waals surface area contributed by atoms with Gasteiger partial charge in [0, 0.05) is 18.3 Å². The van der Waals surface area contributed by atoms with Gasteiger partial charge in [-0.1, -0.05) is 19.3 Å². The molecule has 1 unspecified atom stereocenters. The Morgan fingerprint density at radius 1 is 1.22 bits per heavy atom. The molecule has 4 heterocycles. The molecule has 0 bridgehead atoms. The number of fused-ring (bicyclic) bond motifs is 3. The Kier molecular flexibility index (Phi) is 4.04. The topological polar surface area (TPSA) is 65.1 Å². The predicted molar refractivity (Wildman–Crippen MR) is 107 cm³/mol. The first-order chi connectivity index (χ1) is 13.2. The van der Waals surface area contributed by atoms with Gasteiger partial charge in [-0.15, -0.1) is 5.10 Å². The minimum Gasteiger partial charge on any atom is -0.308 e. The van der Waals surface area contributed by atoms with Crippen LogP contribution in [0.1, 0.15) is 62.4 Å². The molecule has 6 nitrogen and oxygen atoms in total. The van der Waals surface area contributed by atoms with Crippen molar-refractivity contribution in [2.24, 2.45) is 0 Å². The van der Waals surface area contributed by atoms with Crippen molar-refractivity contribution < 1.29 is 0 Å². The fourth-order valence-corrected chi connectivity index (χ4v) is 4.81. The molecule has 0 spiro atoms. The van der Waals surface area contributed by atoms with Gasteiger partial charge in [-0.05, 0) is 48.2 Å². The van der Waals surface area contributed by atoms with Crippen LogP contribution in [-0.4, -0.2) is 24.1 Å². The third-order valence-electron chi connectivity index (χ3n) is 5.69. The Morgan fingerprint density at radius 2 is 2.07 bits per heavy atom. The predicted octanol–water partition coefficient (Wildman–Crippen LogP) is 4.16. The molecule has 138 valence electrons. The number of thiophene rings is 1. The zero-order valence-corrected chi connectivity index (χ0v) is 16.0. The monoisotopic (exact) mass is 379 g/mol. The second-order valence-electron chi connectivity index (χ2n) is 7.33. The van der Waals surface area contributed by atoms with Gasteiger partial charge in [0.1, 0.15) is 0 Å². The Balaban J connectivity index is 1.62. The number of nitrogens with zero attached hydrogens (tertiary/aromatic N) is 5. The van der Waals surface area contributed by atoms with Crippen LogP contribution < -0.4 is 5.56 Å². The Hall–Kier alpha value is -2.54. The molecule has 0 aliphatic heterocycles. The first kappa shape index (κ1) is 16.6. The highest BCUT2D eigenvalue weighted by Crippen LogP contribution is 2.31. The molecule has 1 saturated carbocycles. The molecule has 0 N–H and O–H groups in total. The minimum absolute atomic E-state index is 0.0163. The van der Waals surface area contributed by atoms with Crippen molar-refractivity contribution in [3.05, 3.63) is 57.0 Å². The summed E-state index contributed by atoms with van der Waals surface area (Å²) < 4.78 is 3.50. The molecule has 5 rings (SSSR count). The lowest BCUT2D eigenvalue weighted by atomic mass is 9.89. The Bertz CT molecular complexity index is 1150. The van der Waals surface area contributed by atoms with Gasteiger partial charge in [0.15, 0.2) is 5.82 Å². The number of pyridine rings is 1. The van der Waals surface area contributed by atoms with Crippen molar-refractivity contribution >= 4 is 28.0 Å². The quantitative estimate of drug-likeness (QED) is 0.536.